The first-order valence-electron chi connectivity index (χ1n) is 6.26. The van der Waals surface area contributed by atoms with Crippen LogP contribution in [0.3, 0.4) is 0 Å². The molecule has 0 saturated carbocycles. The summed E-state index contributed by atoms with van der Waals surface area (Å²) in [7, 11) is -2.61. The molecule has 118 valence electrons. The molecule has 0 bridgehead atoms. The summed E-state index contributed by atoms with van der Waals surface area (Å²) in [5, 5.41) is 10.4. The number of nitro groups is 1. The number of hydrazine groups is 1. The van der Waals surface area contributed by atoms with Crippen molar-refractivity contribution in [1.82, 2.24) is 4.98 Å². The first-order valence-corrected chi connectivity index (χ1v) is 9.21. The van der Waals surface area contributed by atoms with Gasteiger partial charge >= 0.3 is 6.18 Å². The lowest BCUT2D eigenvalue weighted by Crippen LogP contribution is -2.58. The fourth-order valence-electron chi connectivity index (χ4n) is 1.57. The third-order valence-electron chi connectivity index (χ3n) is 3.82. The summed E-state index contributed by atoms with van der Waals surface area (Å²) in [4.78, 5) is 15.0. The molecule has 0 fully saturated rings. The second-order valence-electron chi connectivity index (χ2n) is 6.26. The normalized spacial score (nSPS) is 13.1. The van der Waals surface area contributed by atoms with Gasteiger partial charge in [-0.3, -0.25) is 0 Å². The van der Waals surface area contributed by atoms with Gasteiger partial charge in [0.1, 0.15) is 0 Å². The summed E-state index contributed by atoms with van der Waals surface area (Å²) in [5.74, 6) is -0.0698. The maximum absolute atomic E-state index is 12.5. The van der Waals surface area contributed by atoms with Gasteiger partial charge in [-0.2, -0.15) is 13.2 Å². The van der Waals surface area contributed by atoms with Crippen LogP contribution in [0.15, 0.2) is 18.3 Å². The summed E-state index contributed by atoms with van der Waals surface area (Å²) in [6, 6.07) is 1.86. The largest absolute Gasteiger partial charge is 0.417 e. The van der Waals surface area contributed by atoms with Crippen molar-refractivity contribution < 1.29 is 18.2 Å². The van der Waals surface area contributed by atoms with Crippen molar-refractivity contribution in [2.75, 3.05) is 4.67 Å². The number of nitrogens with zero attached hydrogens (tertiary/aromatic N) is 3. The van der Waals surface area contributed by atoms with Crippen molar-refractivity contribution in [1.29, 1.82) is 0 Å². The Kier molecular flexibility index (Phi) is 4.38. The molecular weight excluding hydrogens is 303 g/mol. The topological polar surface area (TPSA) is 59.3 Å². The van der Waals surface area contributed by atoms with Gasteiger partial charge in [-0.25, -0.2) is 15.1 Å². The zero-order valence-corrected chi connectivity index (χ0v) is 13.5. The van der Waals surface area contributed by atoms with E-state index in [0.29, 0.717) is 6.20 Å². The molecule has 0 aromatic carbocycles. The number of aromatic nitrogens is 1. The highest BCUT2D eigenvalue weighted by Gasteiger charge is 2.49. The second kappa shape index (κ2) is 5.28. The number of anilines is 1. The summed E-state index contributed by atoms with van der Waals surface area (Å²) in [5.41, 5.74) is -0.926. The van der Waals surface area contributed by atoms with Gasteiger partial charge in [0.05, 0.1) is 5.56 Å². The van der Waals surface area contributed by atoms with E-state index >= 15 is 0 Å². The molecule has 0 aliphatic rings. The van der Waals surface area contributed by atoms with Crippen molar-refractivity contribution in [2.45, 2.75) is 45.1 Å². The summed E-state index contributed by atoms with van der Waals surface area (Å²) in [6.45, 7) is 9.20. The average molecular weight is 321 g/mol. The predicted molar refractivity (Wildman–Crippen MR) is 75.9 cm³/mol. The van der Waals surface area contributed by atoms with Crippen LogP contribution in [-0.4, -0.2) is 18.3 Å². The third-order valence-corrected chi connectivity index (χ3v) is 8.94. The van der Waals surface area contributed by atoms with Crippen molar-refractivity contribution >= 4 is 14.1 Å². The number of halogens is 3. The third kappa shape index (κ3) is 3.52. The Balaban J connectivity index is 3.29. The van der Waals surface area contributed by atoms with Crippen molar-refractivity contribution in [3.63, 3.8) is 0 Å². The predicted octanol–water partition coefficient (Wildman–Crippen LogP) is 4.10. The molecule has 1 heterocycles. The molecule has 1 rings (SSSR count). The van der Waals surface area contributed by atoms with Crippen molar-refractivity contribution in [3.05, 3.63) is 34.0 Å². The molecule has 0 aliphatic heterocycles. The minimum atomic E-state index is -4.51. The highest BCUT2D eigenvalue weighted by molar-refractivity contribution is 6.82. The summed E-state index contributed by atoms with van der Waals surface area (Å²) >= 11 is 0. The Morgan fingerprint density at radius 3 is 2.05 bits per heavy atom. The Morgan fingerprint density at radius 2 is 1.76 bits per heavy atom. The molecule has 1 aromatic heterocycles. The number of hydrogen-bond acceptors (Lipinski definition) is 3. The van der Waals surface area contributed by atoms with Gasteiger partial charge in [0.2, 0.25) is 8.24 Å². The van der Waals surface area contributed by atoms with Gasteiger partial charge in [-0.15, -0.1) is 4.67 Å². The van der Waals surface area contributed by atoms with Gasteiger partial charge in [0, 0.05) is 6.20 Å². The summed E-state index contributed by atoms with van der Waals surface area (Å²) < 4.78 is 38.5. The van der Waals surface area contributed by atoms with Crippen LogP contribution in [0.4, 0.5) is 19.0 Å². The highest BCUT2D eigenvalue weighted by Crippen LogP contribution is 2.40. The molecule has 0 atom stereocenters. The number of hydrogen-bond donors (Lipinski definition) is 0. The standard InChI is InChI=1S/C12H18F3N3O2Si/c1-11(2,3)21(4,5)17(18(19)20)10-7-6-9(8-16-10)12(13,14)15/h6-8H,1-5H3. The maximum atomic E-state index is 12.5. The smallest absolute Gasteiger partial charge is 0.235 e. The molecular formula is C12H18F3N3O2Si. The minimum absolute atomic E-state index is 0.0698. The van der Waals surface area contributed by atoms with Gasteiger partial charge in [-0.1, -0.05) is 20.8 Å². The molecule has 1 aromatic rings. The molecule has 0 radical (unpaired) electrons. The van der Waals surface area contributed by atoms with Crippen molar-refractivity contribution in [3.8, 4) is 0 Å². The van der Waals surface area contributed by atoms with E-state index in [1.807, 2.05) is 20.8 Å². The SMILES string of the molecule is CC(C)(C)[Si](C)(C)N(c1ccc(C(F)(F)F)cn1)[N+](=O)[O-]. The second-order valence-corrected chi connectivity index (χ2v) is 11.3. The van der Waals surface area contributed by atoms with Crippen LogP contribution >= 0.6 is 0 Å². The lowest BCUT2D eigenvalue weighted by Gasteiger charge is -2.38. The van der Waals surface area contributed by atoms with Crippen molar-refractivity contribution in [2.24, 2.45) is 0 Å². The fraction of sp³-hybridized carbons (Fsp3) is 0.583. The van der Waals surface area contributed by atoms with E-state index in [1.54, 1.807) is 13.1 Å². The monoisotopic (exact) mass is 321 g/mol. The molecule has 0 saturated heterocycles. The van der Waals surface area contributed by atoms with E-state index < -0.39 is 25.0 Å². The first-order chi connectivity index (χ1) is 9.28. The minimum Gasteiger partial charge on any atom is -0.235 e. The van der Waals surface area contributed by atoms with Gasteiger partial charge in [-0.05, 0) is 30.3 Å². The van der Waals surface area contributed by atoms with E-state index in [2.05, 4.69) is 4.98 Å². The number of rotatable bonds is 3. The van der Waals surface area contributed by atoms with E-state index in [-0.39, 0.29) is 10.9 Å². The van der Waals surface area contributed by atoms with Crippen LogP contribution in [0, 0.1) is 10.1 Å². The molecule has 0 amide bonds. The quantitative estimate of drug-likeness (QED) is 0.478. The molecule has 0 N–H and O–H groups in total. The average Bonchev–Trinajstić information content (AvgIpc) is 2.26. The Bertz CT molecular complexity index is 524. The molecule has 0 aliphatic carbocycles. The van der Waals surface area contributed by atoms with E-state index in [4.69, 9.17) is 0 Å². The van der Waals surface area contributed by atoms with Crippen LogP contribution in [0.5, 0.6) is 0 Å². The Labute approximate surface area is 122 Å². The molecule has 0 unspecified atom stereocenters. The highest BCUT2D eigenvalue weighted by atomic mass is 28.3. The lowest BCUT2D eigenvalue weighted by atomic mass is 10.2. The van der Waals surface area contributed by atoms with E-state index in [0.717, 1.165) is 16.8 Å². The molecule has 0 spiro atoms. The van der Waals surface area contributed by atoms with Crippen LogP contribution in [0.2, 0.25) is 18.1 Å². The van der Waals surface area contributed by atoms with Crippen LogP contribution in [-0.2, 0) is 6.18 Å². The van der Waals surface area contributed by atoms with Gasteiger partial charge < -0.3 is 0 Å². The molecule has 9 heteroatoms. The Hall–Kier alpha value is -1.64. The maximum Gasteiger partial charge on any atom is 0.417 e. The summed E-state index contributed by atoms with van der Waals surface area (Å²) in [6.07, 6.45) is -3.89. The van der Waals surface area contributed by atoms with Gasteiger partial charge in [0.25, 0.3) is 0 Å². The number of alkyl halides is 3. The van der Waals surface area contributed by atoms with Crippen LogP contribution < -0.4 is 4.67 Å². The molecule has 21 heavy (non-hydrogen) atoms. The zero-order chi connectivity index (χ0) is 16.6. The zero-order valence-electron chi connectivity index (χ0n) is 12.5. The van der Waals surface area contributed by atoms with Gasteiger partial charge in [0.15, 0.2) is 10.9 Å². The van der Waals surface area contributed by atoms with E-state index in [1.165, 1.54) is 0 Å². The van der Waals surface area contributed by atoms with Crippen LogP contribution in [0.25, 0.3) is 0 Å². The first kappa shape index (κ1) is 17.4. The Morgan fingerprint density at radius 1 is 1.24 bits per heavy atom. The number of pyridine rings is 1. The van der Waals surface area contributed by atoms with Crippen LogP contribution in [0.1, 0.15) is 26.3 Å². The van der Waals surface area contributed by atoms with E-state index in [9.17, 15) is 23.3 Å². The lowest BCUT2D eigenvalue weighted by molar-refractivity contribution is -0.479. The molecule has 5 nitrogen and oxygen atoms in total. The fourth-order valence-corrected chi connectivity index (χ4v) is 3.32.